The highest BCUT2D eigenvalue weighted by Crippen LogP contribution is 2.38. The molecule has 2 heterocycles. The van der Waals surface area contributed by atoms with Crippen LogP contribution < -0.4 is 5.32 Å². The largest absolute Gasteiger partial charge is 0.311 e. The Balaban J connectivity index is 2.01. The molecule has 0 atom stereocenters. The van der Waals surface area contributed by atoms with Crippen molar-refractivity contribution in [1.29, 1.82) is 0 Å². The maximum Gasteiger partial charge on any atom is 0.0691 e. The van der Waals surface area contributed by atoms with Crippen molar-refractivity contribution in [3.8, 4) is 0 Å². The van der Waals surface area contributed by atoms with Gasteiger partial charge in [-0.25, -0.2) is 0 Å². The summed E-state index contributed by atoms with van der Waals surface area (Å²) in [6.07, 6.45) is 5.30. The van der Waals surface area contributed by atoms with Gasteiger partial charge in [-0.2, -0.15) is 5.10 Å². The Morgan fingerprint density at radius 2 is 2.33 bits per heavy atom. The summed E-state index contributed by atoms with van der Waals surface area (Å²) in [5, 5.41) is 8.25. The normalized spacial score (nSPS) is 21.1. The summed E-state index contributed by atoms with van der Waals surface area (Å²) >= 11 is 0. The second-order valence-corrected chi connectivity index (χ2v) is 4.68. The quantitative estimate of drug-likeness (QED) is 0.798. The Morgan fingerprint density at radius 1 is 1.47 bits per heavy atom. The van der Waals surface area contributed by atoms with Crippen molar-refractivity contribution < 1.29 is 0 Å². The first kappa shape index (κ1) is 9.40. The van der Waals surface area contributed by atoms with Crippen molar-refractivity contribution in [2.75, 3.05) is 6.54 Å². The van der Waals surface area contributed by atoms with E-state index in [-0.39, 0.29) is 0 Å². The molecule has 1 aromatic rings. The Kier molecular flexibility index (Phi) is 2.28. The minimum Gasteiger partial charge on any atom is -0.311 e. The third kappa shape index (κ3) is 1.41. The van der Waals surface area contributed by atoms with Gasteiger partial charge in [0.15, 0.2) is 0 Å². The van der Waals surface area contributed by atoms with Gasteiger partial charge in [0.1, 0.15) is 0 Å². The van der Waals surface area contributed by atoms with Crippen LogP contribution in [0, 0.1) is 0 Å². The molecular weight excluding hydrogens is 186 g/mol. The molecule has 3 heteroatoms. The average Bonchev–Trinajstić information content (AvgIpc) is 2.55. The van der Waals surface area contributed by atoms with Gasteiger partial charge in [-0.1, -0.05) is 6.42 Å². The van der Waals surface area contributed by atoms with Crippen LogP contribution in [0.15, 0.2) is 0 Å². The molecule has 2 aliphatic rings. The number of nitrogens with zero attached hydrogens (tertiary/aromatic N) is 2. The van der Waals surface area contributed by atoms with Crippen molar-refractivity contribution in [3.05, 3.63) is 17.0 Å². The highest BCUT2D eigenvalue weighted by Gasteiger charge is 2.28. The summed E-state index contributed by atoms with van der Waals surface area (Å²) < 4.78 is 2.20. The van der Waals surface area contributed by atoms with Crippen LogP contribution in [0.4, 0.5) is 0 Å². The number of nitrogens with one attached hydrogen (secondary N) is 1. The Morgan fingerprint density at radius 3 is 3.00 bits per heavy atom. The molecule has 1 N–H and O–H groups in total. The Hall–Kier alpha value is -0.830. The zero-order valence-corrected chi connectivity index (χ0v) is 9.42. The third-order valence-electron chi connectivity index (χ3n) is 3.83. The zero-order chi connectivity index (χ0) is 10.3. The number of fused-ring (bicyclic) bond motifs is 1. The molecule has 82 valence electrons. The standard InChI is InChI=1S/C12H19N3/c1-2-15-11-8-13-7-6-10(11)12(14-15)9-4-3-5-9/h9,13H,2-8H2,1H3. The fraction of sp³-hybridized carbons (Fsp3) is 0.750. The van der Waals surface area contributed by atoms with Crippen LogP contribution in [0.25, 0.3) is 0 Å². The molecule has 0 radical (unpaired) electrons. The molecule has 0 aromatic carbocycles. The van der Waals surface area contributed by atoms with Gasteiger partial charge in [0.25, 0.3) is 0 Å². The lowest BCUT2D eigenvalue weighted by Gasteiger charge is -2.25. The van der Waals surface area contributed by atoms with Crippen molar-refractivity contribution in [1.82, 2.24) is 15.1 Å². The summed E-state index contributed by atoms with van der Waals surface area (Å²) in [6.45, 7) is 5.34. The van der Waals surface area contributed by atoms with E-state index in [2.05, 4.69) is 16.9 Å². The first-order valence-electron chi connectivity index (χ1n) is 6.19. The van der Waals surface area contributed by atoms with E-state index in [1.54, 1.807) is 5.56 Å². The number of aromatic nitrogens is 2. The SMILES string of the molecule is CCn1nc(C2CCC2)c2c1CNCC2. The van der Waals surface area contributed by atoms with E-state index in [4.69, 9.17) is 5.10 Å². The monoisotopic (exact) mass is 205 g/mol. The molecular formula is C12H19N3. The molecule has 1 aromatic heterocycles. The lowest BCUT2D eigenvalue weighted by molar-refractivity contribution is 0.404. The van der Waals surface area contributed by atoms with Gasteiger partial charge in [-0.3, -0.25) is 4.68 Å². The van der Waals surface area contributed by atoms with Crippen LogP contribution >= 0.6 is 0 Å². The number of aryl methyl sites for hydroxylation is 1. The maximum atomic E-state index is 4.81. The molecule has 15 heavy (non-hydrogen) atoms. The van der Waals surface area contributed by atoms with Gasteiger partial charge < -0.3 is 5.32 Å². The van der Waals surface area contributed by atoms with E-state index in [9.17, 15) is 0 Å². The van der Waals surface area contributed by atoms with Crippen LogP contribution in [0.5, 0.6) is 0 Å². The van der Waals surface area contributed by atoms with Crippen molar-refractivity contribution in [2.24, 2.45) is 0 Å². The summed E-state index contributed by atoms with van der Waals surface area (Å²) in [4.78, 5) is 0. The van der Waals surface area contributed by atoms with E-state index in [1.807, 2.05) is 0 Å². The summed E-state index contributed by atoms with van der Waals surface area (Å²) in [6, 6.07) is 0. The van der Waals surface area contributed by atoms with Gasteiger partial charge in [0.05, 0.1) is 11.4 Å². The van der Waals surface area contributed by atoms with Gasteiger partial charge in [-0.15, -0.1) is 0 Å². The molecule has 0 bridgehead atoms. The topological polar surface area (TPSA) is 29.9 Å². The van der Waals surface area contributed by atoms with Crippen LogP contribution in [0.3, 0.4) is 0 Å². The molecule has 3 rings (SSSR count). The molecule has 0 saturated heterocycles. The third-order valence-corrected chi connectivity index (χ3v) is 3.83. The lowest BCUT2D eigenvalue weighted by atomic mass is 9.80. The first-order valence-corrected chi connectivity index (χ1v) is 6.19. The zero-order valence-electron chi connectivity index (χ0n) is 9.42. The second-order valence-electron chi connectivity index (χ2n) is 4.68. The van der Waals surface area contributed by atoms with Crippen LogP contribution in [-0.2, 0) is 19.5 Å². The van der Waals surface area contributed by atoms with Gasteiger partial charge in [0.2, 0.25) is 0 Å². The first-order chi connectivity index (χ1) is 7.40. The van der Waals surface area contributed by atoms with Crippen LogP contribution in [-0.4, -0.2) is 16.3 Å². The summed E-state index contributed by atoms with van der Waals surface area (Å²) in [7, 11) is 0. The van der Waals surface area contributed by atoms with E-state index in [1.165, 1.54) is 37.1 Å². The highest BCUT2D eigenvalue weighted by molar-refractivity contribution is 5.32. The average molecular weight is 205 g/mol. The molecule has 0 amide bonds. The second kappa shape index (κ2) is 3.63. The molecule has 1 aliphatic carbocycles. The van der Waals surface area contributed by atoms with E-state index >= 15 is 0 Å². The minimum absolute atomic E-state index is 0.782. The summed E-state index contributed by atoms with van der Waals surface area (Å²) in [5.74, 6) is 0.782. The molecule has 1 fully saturated rings. The summed E-state index contributed by atoms with van der Waals surface area (Å²) in [5.41, 5.74) is 4.45. The molecule has 1 aliphatic heterocycles. The van der Waals surface area contributed by atoms with E-state index in [0.717, 1.165) is 25.6 Å². The number of hydrogen-bond acceptors (Lipinski definition) is 2. The maximum absolute atomic E-state index is 4.81. The van der Waals surface area contributed by atoms with Crippen molar-refractivity contribution in [3.63, 3.8) is 0 Å². The predicted molar refractivity (Wildman–Crippen MR) is 59.9 cm³/mol. The van der Waals surface area contributed by atoms with E-state index < -0.39 is 0 Å². The number of rotatable bonds is 2. The Bertz CT molecular complexity index is 363. The van der Waals surface area contributed by atoms with Gasteiger partial charge >= 0.3 is 0 Å². The fourth-order valence-corrected chi connectivity index (χ4v) is 2.72. The van der Waals surface area contributed by atoms with Crippen LogP contribution in [0.2, 0.25) is 0 Å². The highest BCUT2D eigenvalue weighted by atomic mass is 15.3. The molecule has 0 unspecified atom stereocenters. The van der Waals surface area contributed by atoms with Gasteiger partial charge in [-0.05, 0) is 38.3 Å². The van der Waals surface area contributed by atoms with Crippen molar-refractivity contribution >= 4 is 0 Å². The predicted octanol–water partition coefficient (Wildman–Crippen LogP) is 1.82. The molecule has 3 nitrogen and oxygen atoms in total. The molecule has 0 spiro atoms. The smallest absolute Gasteiger partial charge is 0.0691 e. The van der Waals surface area contributed by atoms with Crippen LogP contribution in [0.1, 0.15) is 49.1 Å². The fourth-order valence-electron chi connectivity index (χ4n) is 2.72. The van der Waals surface area contributed by atoms with Gasteiger partial charge in [0, 0.05) is 19.0 Å². The minimum atomic E-state index is 0.782. The molecule has 1 saturated carbocycles. The van der Waals surface area contributed by atoms with E-state index in [0.29, 0.717) is 0 Å². The Labute approximate surface area is 90.9 Å². The van der Waals surface area contributed by atoms with Crippen molar-refractivity contribution in [2.45, 2.75) is 51.6 Å². The lowest BCUT2D eigenvalue weighted by Crippen LogP contribution is -2.25. The number of hydrogen-bond donors (Lipinski definition) is 1.